The molecule has 1 aliphatic carbocycles. The van der Waals surface area contributed by atoms with Gasteiger partial charge in [0.05, 0.1) is 4.90 Å². The average Bonchev–Trinajstić information content (AvgIpc) is 3.43. The Kier molecular flexibility index (Phi) is 5.24. The molecular weight excluding hydrogens is 371 g/mol. The van der Waals surface area contributed by atoms with E-state index < -0.39 is 29.1 Å². The van der Waals surface area contributed by atoms with E-state index >= 15 is 0 Å². The Morgan fingerprint density at radius 2 is 1.73 bits per heavy atom. The third-order valence-corrected chi connectivity index (χ3v) is 5.14. The number of nitrogens with zero attached hydrogens (tertiary/aromatic N) is 1. The first kappa shape index (κ1) is 18.7. The van der Waals surface area contributed by atoms with Gasteiger partial charge in [0.25, 0.3) is 0 Å². The molecule has 26 heavy (non-hydrogen) atoms. The van der Waals surface area contributed by atoms with E-state index in [1.54, 1.807) is 10.4 Å². The van der Waals surface area contributed by atoms with E-state index in [9.17, 15) is 22.0 Å². The zero-order valence-corrected chi connectivity index (χ0v) is 14.4. The first-order valence-electron chi connectivity index (χ1n) is 7.78. The van der Waals surface area contributed by atoms with Gasteiger partial charge in [0.15, 0.2) is 23.3 Å². The molecule has 0 radical (unpaired) electrons. The topological polar surface area (TPSA) is 29.3 Å². The summed E-state index contributed by atoms with van der Waals surface area (Å²) in [4.78, 5) is -0.388. The molecule has 1 fully saturated rings. The van der Waals surface area contributed by atoms with Gasteiger partial charge < -0.3 is 5.73 Å². The molecule has 2 N–H and O–H groups in total. The maximum Gasteiger partial charge on any atom is 0.198 e. The fraction of sp³-hybridized carbons (Fsp3) is 0.222. The van der Waals surface area contributed by atoms with Gasteiger partial charge >= 0.3 is 0 Å². The summed E-state index contributed by atoms with van der Waals surface area (Å²) in [6.07, 6.45) is 1.58. The molecule has 1 saturated carbocycles. The quantitative estimate of drug-likeness (QED) is 0.329. The normalized spacial score (nSPS) is 14.1. The van der Waals surface area contributed by atoms with Crippen molar-refractivity contribution < 1.29 is 22.0 Å². The lowest BCUT2D eigenvalue weighted by Crippen LogP contribution is -2.19. The standard InChI is InChI=1S/C18H15F5N2S/c1-9(24)10-2-3-11(13(19)6-10)8-25(12-4-5-12)26-15-7-14(20)16(21)18(23)17(15)22/h2-3,6-7,12H,1,4-5,8,24H2. The Bertz CT molecular complexity index is 867. The van der Waals surface area contributed by atoms with Crippen LogP contribution in [-0.4, -0.2) is 10.3 Å². The lowest BCUT2D eigenvalue weighted by molar-refractivity contribution is 0.395. The predicted octanol–water partition coefficient (Wildman–Crippen LogP) is 4.98. The fourth-order valence-electron chi connectivity index (χ4n) is 2.39. The summed E-state index contributed by atoms with van der Waals surface area (Å²) in [6, 6.07) is 4.99. The predicted molar refractivity (Wildman–Crippen MR) is 90.3 cm³/mol. The van der Waals surface area contributed by atoms with E-state index in [1.165, 1.54) is 12.1 Å². The number of halogens is 5. The molecular formula is C18H15F5N2S. The van der Waals surface area contributed by atoms with E-state index in [0.29, 0.717) is 17.2 Å². The molecule has 0 amide bonds. The highest BCUT2D eigenvalue weighted by molar-refractivity contribution is 7.97. The van der Waals surface area contributed by atoms with Crippen LogP contribution >= 0.6 is 11.9 Å². The summed E-state index contributed by atoms with van der Waals surface area (Å²) in [7, 11) is 0. The molecule has 2 aromatic carbocycles. The third-order valence-electron chi connectivity index (χ3n) is 3.99. The van der Waals surface area contributed by atoms with Gasteiger partial charge in [0.1, 0.15) is 5.82 Å². The van der Waals surface area contributed by atoms with Crippen LogP contribution in [0.1, 0.15) is 24.0 Å². The molecule has 0 atom stereocenters. The van der Waals surface area contributed by atoms with Crippen LogP contribution in [0.25, 0.3) is 5.70 Å². The number of hydrogen-bond donors (Lipinski definition) is 1. The molecule has 8 heteroatoms. The van der Waals surface area contributed by atoms with Gasteiger partial charge in [0.2, 0.25) is 0 Å². The summed E-state index contributed by atoms with van der Waals surface area (Å²) in [5.41, 5.74) is 6.52. The minimum Gasteiger partial charge on any atom is -0.399 e. The first-order chi connectivity index (χ1) is 12.3. The van der Waals surface area contributed by atoms with Crippen molar-refractivity contribution in [3.63, 3.8) is 0 Å². The lowest BCUT2D eigenvalue weighted by atomic mass is 10.1. The molecule has 0 aromatic heterocycles. The van der Waals surface area contributed by atoms with Gasteiger partial charge in [-0.05, 0) is 42.5 Å². The maximum atomic E-state index is 14.3. The molecule has 2 nitrogen and oxygen atoms in total. The average molecular weight is 386 g/mol. The van der Waals surface area contributed by atoms with Crippen LogP contribution in [0.3, 0.4) is 0 Å². The SMILES string of the molecule is C=C(N)c1ccc(CN(Sc2cc(F)c(F)c(F)c2F)C2CC2)c(F)c1. The van der Waals surface area contributed by atoms with Crippen molar-refractivity contribution in [2.24, 2.45) is 5.73 Å². The Labute approximate surface area is 151 Å². The first-order valence-corrected chi connectivity index (χ1v) is 8.56. The highest BCUT2D eigenvalue weighted by Gasteiger charge is 2.32. The minimum atomic E-state index is -1.86. The van der Waals surface area contributed by atoms with Crippen molar-refractivity contribution in [2.75, 3.05) is 0 Å². The van der Waals surface area contributed by atoms with Crippen LogP contribution in [0, 0.1) is 29.1 Å². The molecule has 0 saturated heterocycles. The van der Waals surface area contributed by atoms with Gasteiger partial charge in [-0.25, -0.2) is 26.3 Å². The van der Waals surface area contributed by atoms with Gasteiger partial charge in [0, 0.05) is 23.8 Å². The summed E-state index contributed by atoms with van der Waals surface area (Å²) >= 11 is 0.740. The zero-order chi connectivity index (χ0) is 19.0. The van der Waals surface area contributed by atoms with Gasteiger partial charge in [-0.3, -0.25) is 0 Å². The Hall–Kier alpha value is -2.06. The van der Waals surface area contributed by atoms with Crippen molar-refractivity contribution in [1.82, 2.24) is 4.31 Å². The fourth-order valence-corrected chi connectivity index (χ4v) is 3.53. The van der Waals surface area contributed by atoms with Crippen LogP contribution < -0.4 is 5.73 Å². The third kappa shape index (κ3) is 3.86. The molecule has 0 aliphatic heterocycles. The van der Waals surface area contributed by atoms with Crippen LogP contribution in [0.15, 0.2) is 35.7 Å². The van der Waals surface area contributed by atoms with Crippen LogP contribution in [0.4, 0.5) is 22.0 Å². The smallest absolute Gasteiger partial charge is 0.198 e. The molecule has 0 bridgehead atoms. The largest absolute Gasteiger partial charge is 0.399 e. The number of nitrogens with two attached hydrogens (primary N) is 1. The van der Waals surface area contributed by atoms with Crippen molar-refractivity contribution in [2.45, 2.75) is 30.3 Å². The van der Waals surface area contributed by atoms with Gasteiger partial charge in [-0.2, -0.15) is 0 Å². The van der Waals surface area contributed by atoms with Gasteiger partial charge in [-0.15, -0.1) is 0 Å². The van der Waals surface area contributed by atoms with Crippen molar-refractivity contribution in [3.8, 4) is 0 Å². The number of benzene rings is 2. The van der Waals surface area contributed by atoms with Crippen molar-refractivity contribution in [3.05, 3.63) is 71.1 Å². The van der Waals surface area contributed by atoms with Crippen molar-refractivity contribution >= 4 is 17.6 Å². The van der Waals surface area contributed by atoms with E-state index in [-0.39, 0.29) is 23.2 Å². The molecule has 0 heterocycles. The summed E-state index contributed by atoms with van der Waals surface area (Å²) in [5.74, 6) is -7.17. The van der Waals surface area contributed by atoms with Crippen molar-refractivity contribution in [1.29, 1.82) is 0 Å². The monoisotopic (exact) mass is 386 g/mol. The highest BCUT2D eigenvalue weighted by Crippen LogP contribution is 2.39. The number of rotatable bonds is 6. The number of hydrogen-bond acceptors (Lipinski definition) is 3. The zero-order valence-electron chi connectivity index (χ0n) is 13.5. The highest BCUT2D eigenvalue weighted by atomic mass is 32.2. The van der Waals surface area contributed by atoms with Crippen LogP contribution in [-0.2, 0) is 6.54 Å². The molecule has 0 spiro atoms. The second kappa shape index (κ2) is 7.28. The minimum absolute atomic E-state index is 0.0131. The second-order valence-electron chi connectivity index (χ2n) is 6.03. The molecule has 138 valence electrons. The molecule has 1 aliphatic rings. The van der Waals surface area contributed by atoms with E-state index in [0.717, 1.165) is 24.8 Å². The Balaban J connectivity index is 1.85. The van der Waals surface area contributed by atoms with E-state index in [2.05, 4.69) is 6.58 Å². The second-order valence-corrected chi connectivity index (χ2v) is 7.12. The Morgan fingerprint density at radius 3 is 2.31 bits per heavy atom. The van der Waals surface area contributed by atoms with E-state index in [1.807, 2.05) is 0 Å². The summed E-state index contributed by atoms with van der Waals surface area (Å²) in [5, 5.41) is 0. The maximum absolute atomic E-state index is 14.3. The molecule has 0 unspecified atom stereocenters. The van der Waals surface area contributed by atoms with Crippen LogP contribution in [0.2, 0.25) is 0 Å². The Morgan fingerprint density at radius 1 is 1.04 bits per heavy atom. The van der Waals surface area contributed by atoms with E-state index in [4.69, 9.17) is 5.73 Å². The summed E-state index contributed by atoms with van der Waals surface area (Å²) in [6.45, 7) is 3.62. The lowest BCUT2D eigenvalue weighted by Gasteiger charge is -2.21. The summed E-state index contributed by atoms with van der Waals surface area (Å²) < 4.78 is 69.8. The molecule has 2 aromatic rings. The van der Waals surface area contributed by atoms with Gasteiger partial charge in [-0.1, -0.05) is 18.7 Å². The molecule has 3 rings (SSSR count). The van der Waals surface area contributed by atoms with Crippen LogP contribution in [0.5, 0.6) is 0 Å².